The van der Waals surface area contributed by atoms with Crippen molar-refractivity contribution in [3.63, 3.8) is 0 Å². The Morgan fingerprint density at radius 1 is 0.703 bits per heavy atom. The molecule has 0 aromatic heterocycles. The fraction of sp³-hybridized carbons (Fsp3) is 0.627. The molecule has 64 heavy (non-hydrogen) atoms. The second-order valence-electron chi connectivity index (χ2n) is 18.5. The molecule has 7 atom stereocenters. The van der Waals surface area contributed by atoms with Gasteiger partial charge in [-0.15, -0.1) is 25.6 Å². The van der Waals surface area contributed by atoms with Crippen LogP contribution in [0, 0.1) is 11.8 Å². The molecular formula is C51H80ClN7O5. The summed E-state index contributed by atoms with van der Waals surface area (Å²) in [5, 5.41) is 6.01. The van der Waals surface area contributed by atoms with E-state index in [0.717, 1.165) is 70.8 Å². The lowest BCUT2D eigenvalue weighted by atomic mass is 9.86. The number of nitrogens with one attached hydrogen (secondary N) is 2. The number of benzene rings is 2. The summed E-state index contributed by atoms with van der Waals surface area (Å²) in [5.41, 5.74) is 11.3. The van der Waals surface area contributed by atoms with Gasteiger partial charge < -0.3 is 36.0 Å². The van der Waals surface area contributed by atoms with Crippen molar-refractivity contribution in [2.24, 2.45) is 17.6 Å². The number of amides is 5. The molecular weight excluding hydrogens is 826 g/mol. The number of hydrogen-bond donors (Lipinski definition) is 3. The summed E-state index contributed by atoms with van der Waals surface area (Å²) >= 11 is 0. The number of nitrogens with two attached hydrogens (primary N) is 1. The zero-order chi connectivity index (χ0) is 46.4. The van der Waals surface area contributed by atoms with E-state index in [1.165, 1.54) is 22.3 Å². The third-order valence-corrected chi connectivity index (χ3v) is 13.7. The largest absolute Gasteiger partial charge is 0.343 e. The van der Waals surface area contributed by atoms with Crippen LogP contribution in [-0.2, 0) is 36.8 Å². The summed E-state index contributed by atoms with van der Waals surface area (Å²) in [6.45, 7) is 21.7. The van der Waals surface area contributed by atoms with E-state index in [9.17, 15) is 24.0 Å². The molecule has 0 unspecified atom stereocenters. The van der Waals surface area contributed by atoms with Gasteiger partial charge in [0, 0.05) is 52.1 Å². The molecule has 0 radical (unpaired) electrons. The third-order valence-electron chi connectivity index (χ3n) is 13.7. The van der Waals surface area contributed by atoms with Gasteiger partial charge in [-0.05, 0) is 112 Å². The smallest absolute Gasteiger partial charge is 0.245 e. The molecule has 2 aromatic carbocycles. The number of nitrogens with zero attached hydrogens (tertiary/aromatic N) is 4. The second kappa shape index (κ2) is 26.0. The fourth-order valence-corrected chi connectivity index (χ4v) is 10.1. The van der Waals surface area contributed by atoms with Crippen LogP contribution in [0.4, 0.5) is 0 Å². The second-order valence-corrected chi connectivity index (χ2v) is 18.5. The van der Waals surface area contributed by atoms with E-state index in [-0.39, 0.29) is 84.0 Å². The fourth-order valence-electron chi connectivity index (χ4n) is 10.1. The van der Waals surface area contributed by atoms with Crippen molar-refractivity contribution >= 4 is 41.9 Å². The van der Waals surface area contributed by atoms with Crippen LogP contribution in [0.5, 0.6) is 0 Å². The maximum absolute atomic E-state index is 13.6. The normalized spacial score (nSPS) is 21.4. The van der Waals surface area contributed by atoms with Gasteiger partial charge in [0.25, 0.3) is 0 Å². The molecule has 12 nitrogen and oxygen atoms in total. The molecule has 2 heterocycles. The summed E-state index contributed by atoms with van der Waals surface area (Å²) < 4.78 is 0. The molecule has 2 aromatic rings. The Bertz CT molecular complexity index is 1840. The minimum atomic E-state index is -0.573. The number of fused-ring (bicyclic) bond motifs is 2. The predicted octanol–water partition coefficient (Wildman–Crippen LogP) is 7.15. The molecule has 2 fully saturated rings. The van der Waals surface area contributed by atoms with E-state index in [4.69, 9.17) is 5.73 Å². The van der Waals surface area contributed by atoms with Gasteiger partial charge in [-0.2, -0.15) is 0 Å². The van der Waals surface area contributed by atoms with Gasteiger partial charge in [-0.1, -0.05) is 83.1 Å². The number of carbonyl (C=O) groups is 5. The van der Waals surface area contributed by atoms with E-state index in [2.05, 4.69) is 66.3 Å². The standard InChI is InChI=1S/C27H42N4O3.C22H33N3O2.C2H4.ClH/c1-6-23(28-5)26(33)29-25(18(2)3)27(34)30-16-10-13-21(30)17-31(19(4)32)24-15-9-12-20-11-7-8-14-22(20)24;1-15(2)21(23)22(27)24-13-7-10-18(24)14-25(16(3)26)20-12-6-9-17-8-4-5-11-19(17)20;1-2;/h7-8,11,14,18,21,23-25,28H,6,9-10,12-13,15-17H2,1-5H3,(H,29,33);4-5,8,11,15,18,20-21H,6-7,9-10,12-14,23H2,1-3H3;1-2H2;1H/t21-,23-,24+,25-;18-,20+,21-;;/m00../s1. The van der Waals surface area contributed by atoms with Crippen LogP contribution in [0.3, 0.4) is 0 Å². The van der Waals surface area contributed by atoms with Gasteiger partial charge in [-0.25, -0.2) is 0 Å². The highest BCUT2D eigenvalue weighted by Crippen LogP contribution is 2.37. The molecule has 0 saturated carbocycles. The molecule has 4 aliphatic rings. The molecule has 2 saturated heterocycles. The van der Waals surface area contributed by atoms with E-state index >= 15 is 0 Å². The summed E-state index contributed by atoms with van der Waals surface area (Å²) in [7, 11) is 1.76. The van der Waals surface area contributed by atoms with Gasteiger partial charge in [0.2, 0.25) is 29.5 Å². The number of aryl methyl sites for hydroxylation is 2. The first-order chi connectivity index (χ1) is 30.2. The van der Waals surface area contributed by atoms with Crippen molar-refractivity contribution in [1.82, 2.24) is 30.2 Å². The molecule has 13 heteroatoms. The van der Waals surface area contributed by atoms with Gasteiger partial charge in [0.1, 0.15) is 6.04 Å². The number of halogens is 1. The quantitative estimate of drug-likeness (QED) is 0.171. The average Bonchev–Trinajstić information content (AvgIpc) is 3.96. The summed E-state index contributed by atoms with van der Waals surface area (Å²) in [6, 6.07) is 15.7. The average molecular weight is 907 g/mol. The minimum absolute atomic E-state index is 0. The van der Waals surface area contributed by atoms with Crippen LogP contribution in [0.15, 0.2) is 61.7 Å². The Labute approximate surface area is 390 Å². The van der Waals surface area contributed by atoms with E-state index < -0.39 is 12.1 Å². The van der Waals surface area contributed by atoms with Gasteiger partial charge >= 0.3 is 0 Å². The van der Waals surface area contributed by atoms with Gasteiger partial charge in [0.05, 0.1) is 24.2 Å². The monoisotopic (exact) mass is 906 g/mol. The molecule has 0 spiro atoms. The highest BCUT2D eigenvalue weighted by atomic mass is 35.5. The minimum Gasteiger partial charge on any atom is -0.343 e. The lowest BCUT2D eigenvalue weighted by Crippen LogP contribution is -2.57. The number of hydrogen-bond acceptors (Lipinski definition) is 7. The topological polar surface area (TPSA) is 148 Å². The maximum Gasteiger partial charge on any atom is 0.245 e. The third kappa shape index (κ3) is 13.4. The van der Waals surface area contributed by atoms with E-state index in [1.807, 2.05) is 60.3 Å². The van der Waals surface area contributed by atoms with Crippen LogP contribution < -0.4 is 16.4 Å². The van der Waals surface area contributed by atoms with Crippen LogP contribution in [0.1, 0.15) is 141 Å². The Morgan fingerprint density at radius 3 is 1.53 bits per heavy atom. The first-order valence-corrected chi connectivity index (χ1v) is 23.7. The molecule has 0 bridgehead atoms. The first-order valence-electron chi connectivity index (χ1n) is 23.7. The Balaban J connectivity index is 0.000000330. The Morgan fingerprint density at radius 2 is 1.14 bits per heavy atom. The Kier molecular flexibility index (Phi) is 22.0. The van der Waals surface area contributed by atoms with Crippen LogP contribution in [0.25, 0.3) is 0 Å². The number of likely N-dealkylation sites (N-methyl/N-ethyl adjacent to an activating group) is 1. The zero-order valence-electron chi connectivity index (χ0n) is 40.2. The van der Waals surface area contributed by atoms with Crippen LogP contribution in [-0.4, -0.2) is 113 Å². The summed E-state index contributed by atoms with van der Waals surface area (Å²) in [4.78, 5) is 72.4. The zero-order valence-corrected chi connectivity index (χ0v) is 41.0. The SMILES string of the molecule is C=C.CC(=O)N(C[C@@H]1CCCN1C(=O)[C@@H](N)C(C)C)[C@@H]1CCCc2ccccc21.CC[C@H](NC)C(=O)N[C@H](C(=O)N1CCC[C@H]1CN(C(C)=O)[C@@H]1CCCc2ccccc21)C(C)C.Cl. The molecule has 4 N–H and O–H groups in total. The number of likely N-dealkylation sites (tertiary alicyclic amines) is 2. The van der Waals surface area contributed by atoms with Crippen molar-refractivity contribution in [3.8, 4) is 0 Å². The number of rotatable bonds is 14. The molecule has 356 valence electrons. The van der Waals surface area contributed by atoms with Crippen molar-refractivity contribution in [1.29, 1.82) is 0 Å². The molecule has 6 rings (SSSR count). The summed E-state index contributed by atoms with van der Waals surface area (Å²) in [6.07, 6.45) is 10.6. The van der Waals surface area contributed by atoms with Crippen molar-refractivity contribution in [3.05, 3.63) is 83.9 Å². The maximum atomic E-state index is 13.6. The molecule has 5 amide bonds. The van der Waals surface area contributed by atoms with E-state index in [1.54, 1.807) is 20.9 Å². The summed E-state index contributed by atoms with van der Waals surface area (Å²) in [5.74, 6) is 0.0779. The van der Waals surface area contributed by atoms with Crippen LogP contribution in [0.2, 0.25) is 0 Å². The first kappa shape index (κ1) is 54.1. The lowest BCUT2D eigenvalue weighted by molar-refractivity contribution is -0.141. The van der Waals surface area contributed by atoms with Crippen LogP contribution >= 0.6 is 12.4 Å². The van der Waals surface area contributed by atoms with Crippen molar-refractivity contribution < 1.29 is 24.0 Å². The van der Waals surface area contributed by atoms with Gasteiger partial charge in [-0.3, -0.25) is 24.0 Å². The van der Waals surface area contributed by atoms with Gasteiger partial charge in [0.15, 0.2) is 0 Å². The molecule has 2 aliphatic heterocycles. The van der Waals surface area contributed by atoms with Crippen molar-refractivity contribution in [2.45, 2.75) is 161 Å². The predicted molar refractivity (Wildman–Crippen MR) is 260 cm³/mol. The van der Waals surface area contributed by atoms with E-state index in [0.29, 0.717) is 26.1 Å². The van der Waals surface area contributed by atoms with Crippen molar-refractivity contribution in [2.75, 3.05) is 33.2 Å². The highest BCUT2D eigenvalue weighted by molar-refractivity contribution is 5.90. The highest BCUT2D eigenvalue weighted by Gasteiger charge is 2.40. The Hall–Kier alpha value is -4.26. The number of carbonyl (C=O) groups excluding carboxylic acids is 5. The lowest BCUT2D eigenvalue weighted by Gasteiger charge is -2.39. The molecule has 2 aliphatic carbocycles.